The average molecular weight is 400 g/mol. The number of benzene rings is 1. The summed E-state index contributed by atoms with van der Waals surface area (Å²) < 4.78 is 43.8. The highest BCUT2D eigenvalue weighted by molar-refractivity contribution is 7.03. The Morgan fingerprint density at radius 3 is 2.44 bits per heavy atom. The van der Waals surface area contributed by atoms with Gasteiger partial charge in [0, 0.05) is 10.9 Å². The lowest BCUT2D eigenvalue weighted by molar-refractivity contribution is -0.137. The van der Waals surface area contributed by atoms with Gasteiger partial charge in [-0.3, -0.25) is 14.5 Å². The number of hydrogen-bond acceptors (Lipinski definition) is 5. The Bertz CT molecular complexity index is 807. The highest BCUT2D eigenvalue weighted by Gasteiger charge is 2.37. The summed E-state index contributed by atoms with van der Waals surface area (Å²) in [6, 6.07) is 4.61. The summed E-state index contributed by atoms with van der Waals surface area (Å²) in [5, 5.41) is 7.65. The van der Waals surface area contributed by atoms with Crippen LogP contribution >= 0.6 is 11.5 Å². The SMILES string of the molecule is CCC(C)(C)NC(=O)CN(C(=O)c1csnn1)c1ccccc1C(F)(F)F. The number of rotatable bonds is 6. The standard InChI is InChI=1S/C17H19F3N4O2S/c1-4-16(2,3)21-14(25)9-24(15(26)12-10-27-23-22-12)13-8-6-5-7-11(13)17(18,19)20/h5-8,10H,4,9H2,1-3H3,(H,21,25). The summed E-state index contributed by atoms with van der Waals surface area (Å²) in [5.41, 5.74) is -2.10. The molecule has 1 heterocycles. The summed E-state index contributed by atoms with van der Waals surface area (Å²) in [6.07, 6.45) is -4.07. The zero-order valence-corrected chi connectivity index (χ0v) is 15.8. The molecule has 2 amide bonds. The van der Waals surface area contributed by atoms with Gasteiger partial charge in [-0.25, -0.2) is 0 Å². The number of carbonyl (C=O) groups excluding carboxylic acids is 2. The van der Waals surface area contributed by atoms with Crippen LogP contribution in [0.15, 0.2) is 29.6 Å². The normalized spacial score (nSPS) is 11.9. The minimum absolute atomic E-state index is 0.125. The number of aromatic nitrogens is 2. The Morgan fingerprint density at radius 2 is 1.89 bits per heavy atom. The highest BCUT2D eigenvalue weighted by Crippen LogP contribution is 2.36. The minimum atomic E-state index is -4.69. The molecule has 0 fully saturated rings. The first-order valence-electron chi connectivity index (χ1n) is 8.11. The van der Waals surface area contributed by atoms with Crippen LogP contribution in [-0.2, 0) is 11.0 Å². The van der Waals surface area contributed by atoms with Gasteiger partial charge in [0.15, 0.2) is 5.69 Å². The fourth-order valence-corrected chi connectivity index (χ4v) is 2.69. The van der Waals surface area contributed by atoms with Crippen LogP contribution in [0.5, 0.6) is 0 Å². The first-order valence-corrected chi connectivity index (χ1v) is 8.95. The molecule has 0 saturated heterocycles. The van der Waals surface area contributed by atoms with Crippen molar-refractivity contribution in [2.45, 2.75) is 38.9 Å². The Hall–Kier alpha value is -2.49. The van der Waals surface area contributed by atoms with E-state index in [1.807, 2.05) is 6.92 Å². The number of nitrogens with zero attached hydrogens (tertiary/aromatic N) is 3. The predicted octanol–water partition coefficient (Wildman–Crippen LogP) is 3.51. The first-order chi connectivity index (χ1) is 12.5. The topological polar surface area (TPSA) is 75.2 Å². The summed E-state index contributed by atoms with van der Waals surface area (Å²) in [5.74, 6) is -1.40. The molecule has 0 aliphatic heterocycles. The number of hydrogen-bond donors (Lipinski definition) is 1. The molecule has 0 spiro atoms. The van der Waals surface area contributed by atoms with Crippen molar-refractivity contribution < 1.29 is 22.8 Å². The summed E-state index contributed by atoms with van der Waals surface area (Å²) in [6.45, 7) is 4.85. The van der Waals surface area contributed by atoms with Crippen molar-refractivity contribution in [3.8, 4) is 0 Å². The third-order valence-electron chi connectivity index (χ3n) is 3.99. The molecular weight excluding hydrogens is 381 g/mol. The Balaban J connectivity index is 2.43. The number of alkyl halides is 3. The lowest BCUT2D eigenvalue weighted by Crippen LogP contribution is -2.49. The summed E-state index contributed by atoms with van der Waals surface area (Å²) >= 11 is 0.891. The van der Waals surface area contributed by atoms with Gasteiger partial charge in [0.2, 0.25) is 5.91 Å². The van der Waals surface area contributed by atoms with Crippen molar-refractivity contribution in [1.29, 1.82) is 0 Å². The molecule has 0 unspecified atom stereocenters. The molecule has 0 saturated carbocycles. The lowest BCUT2D eigenvalue weighted by Gasteiger charge is -2.28. The number of halogens is 3. The van der Waals surface area contributed by atoms with Crippen LogP contribution in [0.4, 0.5) is 18.9 Å². The second kappa shape index (κ2) is 8.03. The van der Waals surface area contributed by atoms with Crippen molar-refractivity contribution in [3.63, 3.8) is 0 Å². The maximum absolute atomic E-state index is 13.4. The quantitative estimate of drug-likeness (QED) is 0.805. The Labute approximate surface area is 158 Å². The molecule has 0 radical (unpaired) electrons. The number of carbonyl (C=O) groups is 2. The van der Waals surface area contributed by atoms with Crippen LogP contribution in [0.3, 0.4) is 0 Å². The van der Waals surface area contributed by atoms with Gasteiger partial charge in [-0.2, -0.15) is 13.2 Å². The fourth-order valence-electron chi connectivity index (χ4n) is 2.26. The molecule has 2 aromatic rings. The van der Waals surface area contributed by atoms with E-state index < -0.39 is 41.3 Å². The van der Waals surface area contributed by atoms with E-state index in [0.717, 1.165) is 28.6 Å². The van der Waals surface area contributed by atoms with Crippen LogP contribution in [0.1, 0.15) is 43.2 Å². The van der Waals surface area contributed by atoms with Gasteiger partial charge < -0.3 is 5.32 Å². The van der Waals surface area contributed by atoms with E-state index in [2.05, 4.69) is 14.9 Å². The third-order valence-corrected chi connectivity index (χ3v) is 4.49. The predicted molar refractivity (Wildman–Crippen MR) is 95.5 cm³/mol. The minimum Gasteiger partial charge on any atom is -0.350 e. The molecular formula is C17H19F3N4O2S. The molecule has 10 heteroatoms. The van der Waals surface area contributed by atoms with E-state index in [1.54, 1.807) is 13.8 Å². The van der Waals surface area contributed by atoms with Gasteiger partial charge in [0.05, 0.1) is 11.3 Å². The fraction of sp³-hybridized carbons (Fsp3) is 0.412. The number of nitrogens with one attached hydrogen (secondary N) is 1. The molecule has 1 aromatic carbocycles. The van der Waals surface area contributed by atoms with Crippen molar-refractivity contribution in [2.24, 2.45) is 0 Å². The van der Waals surface area contributed by atoms with Crippen LogP contribution in [0, 0.1) is 0 Å². The number of para-hydroxylation sites is 1. The summed E-state index contributed by atoms with van der Waals surface area (Å²) in [4.78, 5) is 25.9. The molecule has 0 atom stereocenters. The maximum atomic E-state index is 13.4. The molecule has 0 aliphatic carbocycles. The number of anilines is 1. The van der Waals surface area contributed by atoms with Gasteiger partial charge >= 0.3 is 6.18 Å². The number of amides is 2. The maximum Gasteiger partial charge on any atom is 0.418 e. The van der Waals surface area contributed by atoms with Gasteiger partial charge in [-0.1, -0.05) is 23.5 Å². The van der Waals surface area contributed by atoms with E-state index in [0.29, 0.717) is 6.42 Å². The monoisotopic (exact) mass is 400 g/mol. The van der Waals surface area contributed by atoms with Crippen molar-refractivity contribution in [1.82, 2.24) is 14.9 Å². The Kier molecular flexibility index (Phi) is 6.19. The zero-order valence-electron chi connectivity index (χ0n) is 15.0. The van der Waals surface area contributed by atoms with Gasteiger partial charge in [0.25, 0.3) is 5.91 Å². The molecule has 27 heavy (non-hydrogen) atoms. The molecule has 2 rings (SSSR count). The smallest absolute Gasteiger partial charge is 0.350 e. The second-order valence-electron chi connectivity index (χ2n) is 6.48. The first kappa shape index (κ1) is 20.8. The van der Waals surface area contributed by atoms with Crippen molar-refractivity contribution in [3.05, 3.63) is 40.9 Å². The van der Waals surface area contributed by atoms with E-state index in [-0.39, 0.29) is 5.69 Å². The van der Waals surface area contributed by atoms with Gasteiger partial charge in [-0.15, -0.1) is 5.10 Å². The highest BCUT2D eigenvalue weighted by atomic mass is 32.1. The lowest BCUT2D eigenvalue weighted by atomic mass is 10.0. The van der Waals surface area contributed by atoms with E-state index >= 15 is 0 Å². The largest absolute Gasteiger partial charge is 0.418 e. The van der Waals surface area contributed by atoms with E-state index in [1.165, 1.54) is 17.5 Å². The summed E-state index contributed by atoms with van der Waals surface area (Å²) in [7, 11) is 0. The molecule has 0 aliphatic rings. The van der Waals surface area contributed by atoms with Crippen LogP contribution < -0.4 is 10.2 Å². The third kappa shape index (κ3) is 5.25. The molecule has 6 nitrogen and oxygen atoms in total. The average Bonchev–Trinajstić information content (AvgIpc) is 3.12. The van der Waals surface area contributed by atoms with Gasteiger partial charge in [0.1, 0.15) is 6.54 Å². The van der Waals surface area contributed by atoms with Crippen LogP contribution in [0.2, 0.25) is 0 Å². The van der Waals surface area contributed by atoms with E-state index in [4.69, 9.17) is 0 Å². The van der Waals surface area contributed by atoms with Crippen molar-refractivity contribution in [2.75, 3.05) is 11.4 Å². The van der Waals surface area contributed by atoms with Crippen molar-refractivity contribution >= 4 is 29.0 Å². The molecule has 1 N–H and O–H groups in total. The molecule has 0 bridgehead atoms. The molecule has 1 aromatic heterocycles. The second-order valence-corrected chi connectivity index (χ2v) is 7.09. The Morgan fingerprint density at radius 1 is 1.22 bits per heavy atom. The van der Waals surface area contributed by atoms with Crippen LogP contribution in [0.25, 0.3) is 0 Å². The van der Waals surface area contributed by atoms with Gasteiger partial charge in [-0.05, 0) is 43.9 Å². The van der Waals surface area contributed by atoms with E-state index in [9.17, 15) is 22.8 Å². The van der Waals surface area contributed by atoms with Crippen LogP contribution in [-0.4, -0.2) is 33.5 Å². The molecule has 146 valence electrons. The zero-order chi connectivity index (χ0) is 20.2.